The minimum atomic E-state index is 0.0140. The lowest BCUT2D eigenvalue weighted by Gasteiger charge is -2.13. The molecule has 0 amide bonds. The van der Waals surface area contributed by atoms with Crippen LogP contribution >= 0.6 is 0 Å². The average molecular weight is 296 g/mol. The Balaban J connectivity index is 1.91. The number of carbonyl (C=O) groups is 1. The Morgan fingerprint density at radius 1 is 0.696 bits per heavy atom. The third-order valence-electron chi connectivity index (χ3n) is 4.34. The molecule has 1 aliphatic rings. The summed E-state index contributed by atoms with van der Waals surface area (Å²) >= 11 is 0. The summed E-state index contributed by atoms with van der Waals surface area (Å²) in [5, 5.41) is 0. The van der Waals surface area contributed by atoms with Crippen LogP contribution in [0.3, 0.4) is 0 Å². The van der Waals surface area contributed by atoms with Gasteiger partial charge < -0.3 is 0 Å². The summed E-state index contributed by atoms with van der Waals surface area (Å²) in [7, 11) is 0. The number of ketones is 1. The van der Waals surface area contributed by atoms with Gasteiger partial charge in [-0.05, 0) is 22.8 Å². The van der Waals surface area contributed by atoms with Gasteiger partial charge in [0.2, 0.25) is 0 Å². The van der Waals surface area contributed by atoms with Crippen LogP contribution in [0.15, 0.2) is 90.5 Å². The molecule has 0 radical (unpaired) electrons. The van der Waals surface area contributed by atoms with Crippen molar-refractivity contribution in [2.45, 2.75) is 5.92 Å². The van der Waals surface area contributed by atoms with Gasteiger partial charge in [-0.1, -0.05) is 84.9 Å². The minimum absolute atomic E-state index is 0.0140. The first-order valence-electron chi connectivity index (χ1n) is 7.80. The van der Waals surface area contributed by atoms with E-state index in [-0.39, 0.29) is 11.7 Å². The predicted octanol–water partition coefficient (Wildman–Crippen LogP) is 5.10. The highest BCUT2D eigenvalue weighted by Gasteiger charge is 2.34. The van der Waals surface area contributed by atoms with Crippen molar-refractivity contribution >= 4 is 11.9 Å². The Hall–Kier alpha value is -2.93. The van der Waals surface area contributed by atoms with Crippen molar-refractivity contribution in [2.24, 2.45) is 0 Å². The maximum atomic E-state index is 12.9. The first kappa shape index (κ1) is 13.7. The monoisotopic (exact) mass is 296 g/mol. The fraction of sp³-hybridized carbons (Fsp3) is 0.0455. The lowest BCUT2D eigenvalue weighted by molar-refractivity contribution is 0.103. The topological polar surface area (TPSA) is 17.1 Å². The second-order valence-electron chi connectivity index (χ2n) is 5.77. The van der Waals surface area contributed by atoms with Crippen LogP contribution in [0, 0.1) is 0 Å². The molecule has 1 nitrogen and oxygen atoms in total. The smallest absolute Gasteiger partial charge is 0.190 e. The van der Waals surface area contributed by atoms with E-state index in [1.54, 1.807) is 0 Å². The van der Waals surface area contributed by atoms with E-state index in [9.17, 15) is 4.79 Å². The molecule has 0 fully saturated rings. The normalized spacial score (nSPS) is 18.2. The Morgan fingerprint density at radius 3 is 2.04 bits per heavy atom. The summed E-state index contributed by atoms with van der Waals surface area (Å²) < 4.78 is 0. The molecule has 0 saturated heterocycles. The van der Waals surface area contributed by atoms with Crippen LogP contribution in [0.5, 0.6) is 0 Å². The number of hydrogen-bond donors (Lipinski definition) is 0. The van der Waals surface area contributed by atoms with Gasteiger partial charge in [0.1, 0.15) is 0 Å². The minimum Gasteiger partial charge on any atom is -0.289 e. The van der Waals surface area contributed by atoms with Crippen molar-refractivity contribution in [1.82, 2.24) is 0 Å². The second-order valence-corrected chi connectivity index (χ2v) is 5.77. The van der Waals surface area contributed by atoms with E-state index in [1.165, 1.54) is 0 Å². The van der Waals surface area contributed by atoms with E-state index >= 15 is 0 Å². The molecule has 1 heteroatoms. The largest absolute Gasteiger partial charge is 0.289 e. The number of allylic oxidation sites excluding steroid dienone is 1. The summed E-state index contributed by atoms with van der Waals surface area (Å²) in [6.07, 6.45) is 2.03. The van der Waals surface area contributed by atoms with Crippen molar-refractivity contribution in [3.8, 4) is 0 Å². The molecule has 3 aromatic rings. The first-order chi connectivity index (χ1) is 11.3. The van der Waals surface area contributed by atoms with E-state index < -0.39 is 0 Å². The molecule has 0 spiro atoms. The van der Waals surface area contributed by atoms with E-state index in [1.807, 2.05) is 72.8 Å². The summed E-state index contributed by atoms with van der Waals surface area (Å²) in [6, 6.07) is 28.2. The van der Waals surface area contributed by atoms with E-state index in [0.29, 0.717) is 0 Å². The molecule has 0 saturated carbocycles. The molecule has 0 heterocycles. The Kier molecular flexibility index (Phi) is 3.39. The van der Waals surface area contributed by atoms with Crippen LogP contribution in [0.1, 0.15) is 33.0 Å². The number of benzene rings is 3. The number of hydrogen-bond acceptors (Lipinski definition) is 1. The van der Waals surface area contributed by atoms with Gasteiger partial charge in [-0.2, -0.15) is 0 Å². The maximum Gasteiger partial charge on any atom is 0.190 e. The summed E-state index contributed by atoms with van der Waals surface area (Å²) in [6.45, 7) is 0. The Labute approximate surface area is 135 Å². The van der Waals surface area contributed by atoms with Crippen molar-refractivity contribution in [1.29, 1.82) is 0 Å². The van der Waals surface area contributed by atoms with Crippen LogP contribution in [0.4, 0.5) is 0 Å². The van der Waals surface area contributed by atoms with Crippen molar-refractivity contribution in [3.63, 3.8) is 0 Å². The number of fused-ring (bicyclic) bond motifs is 1. The van der Waals surface area contributed by atoms with E-state index in [4.69, 9.17) is 0 Å². The number of Topliss-reactive ketones (excluding diaryl/α,β-unsaturated/α-hetero) is 1. The van der Waals surface area contributed by atoms with Crippen molar-refractivity contribution in [3.05, 3.63) is 113 Å². The van der Waals surface area contributed by atoms with Crippen LogP contribution in [-0.4, -0.2) is 5.78 Å². The molecule has 1 aliphatic carbocycles. The Bertz CT molecular complexity index is 876. The molecule has 4 rings (SSSR count). The number of carbonyl (C=O) groups excluding carboxylic acids is 1. The van der Waals surface area contributed by atoms with Gasteiger partial charge in [0.05, 0.1) is 0 Å². The van der Waals surface area contributed by atoms with Gasteiger partial charge in [-0.15, -0.1) is 0 Å². The molecule has 3 aromatic carbocycles. The molecule has 1 atom stereocenters. The van der Waals surface area contributed by atoms with Gasteiger partial charge in [-0.25, -0.2) is 0 Å². The van der Waals surface area contributed by atoms with Crippen molar-refractivity contribution in [2.75, 3.05) is 0 Å². The molecule has 23 heavy (non-hydrogen) atoms. The average Bonchev–Trinajstić information content (AvgIpc) is 2.89. The predicted molar refractivity (Wildman–Crippen MR) is 93.5 cm³/mol. The van der Waals surface area contributed by atoms with Crippen LogP contribution < -0.4 is 0 Å². The lowest BCUT2D eigenvalue weighted by Crippen LogP contribution is -2.02. The number of rotatable bonds is 2. The third kappa shape index (κ3) is 2.40. The first-order valence-corrected chi connectivity index (χ1v) is 7.80. The molecule has 0 unspecified atom stereocenters. The summed E-state index contributed by atoms with van der Waals surface area (Å²) in [5.74, 6) is 0.151. The molecular formula is C22H16O. The van der Waals surface area contributed by atoms with Crippen LogP contribution in [0.2, 0.25) is 0 Å². The standard InChI is InChI=1S/C22H16O/c23-22-19-14-8-7-13-18(19)21(17-11-5-2-6-12-17)20(22)15-16-9-3-1-4-10-16/h1-15,21H/b20-15-/t21-/m0/s1. The quantitative estimate of drug-likeness (QED) is 0.601. The van der Waals surface area contributed by atoms with Gasteiger partial charge in [0, 0.05) is 17.1 Å². The molecule has 0 N–H and O–H groups in total. The van der Waals surface area contributed by atoms with E-state index in [0.717, 1.165) is 27.8 Å². The van der Waals surface area contributed by atoms with E-state index in [2.05, 4.69) is 18.2 Å². The molecule has 0 aromatic heterocycles. The summed E-state index contributed by atoms with van der Waals surface area (Å²) in [5.41, 5.74) is 5.00. The Morgan fingerprint density at radius 2 is 1.30 bits per heavy atom. The van der Waals surface area contributed by atoms with Gasteiger partial charge >= 0.3 is 0 Å². The van der Waals surface area contributed by atoms with Crippen molar-refractivity contribution < 1.29 is 4.79 Å². The fourth-order valence-corrected chi connectivity index (χ4v) is 3.29. The second kappa shape index (κ2) is 5.69. The third-order valence-corrected chi connectivity index (χ3v) is 4.34. The molecule has 110 valence electrons. The summed E-state index contributed by atoms with van der Waals surface area (Å²) in [4.78, 5) is 12.9. The highest BCUT2D eigenvalue weighted by molar-refractivity contribution is 6.17. The highest BCUT2D eigenvalue weighted by Crippen LogP contribution is 2.42. The van der Waals surface area contributed by atoms with Gasteiger partial charge in [0.15, 0.2) is 5.78 Å². The highest BCUT2D eigenvalue weighted by atomic mass is 16.1. The van der Waals surface area contributed by atoms with Gasteiger partial charge in [0.25, 0.3) is 0 Å². The molecule has 0 bridgehead atoms. The fourth-order valence-electron chi connectivity index (χ4n) is 3.29. The zero-order chi connectivity index (χ0) is 15.6. The SMILES string of the molecule is O=C1/C(=C\c2ccccc2)[C@@H](c2ccccc2)c2ccccc21. The van der Waals surface area contributed by atoms with Crippen LogP contribution in [-0.2, 0) is 0 Å². The van der Waals surface area contributed by atoms with Gasteiger partial charge in [-0.3, -0.25) is 4.79 Å². The molecular weight excluding hydrogens is 280 g/mol. The van der Waals surface area contributed by atoms with Crippen LogP contribution in [0.25, 0.3) is 6.08 Å². The molecule has 0 aliphatic heterocycles. The zero-order valence-corrected chi connectivity index (χ0v) is 12.6. The zero-order valence-electron chi connectivity index (χ0n) is 12.6. The maximum absolute atomic E-state index is 12.9. The lowest BCUT2D eigenvalue weighted by atomic mass is 9.89.